The molecule has 0 fully saturated rings. The highest BCUT2D eigenvalue weighted by Gasteiger charge is 2.25. The second kappa shape index (κ2) is 4.85. The van der Waals surface area contributed by atoms with Crippen LogP contribution in [0.2, 0.25) is 0 Å². The fraction of sp³-hybridized carbons (Fsp3) is 0.364. The highest BCUT2D eigenvalue weighted by Crippen LogP contribution is 2.19. The van der Waals surface area contributed by atoms with Gasteiger partial charge in [-0.15, -0.1) is 0 Å². The van der Waals surface area contributed by atoms with Gasteiger partial charge in [0.2, 0.25) is 0 Å². The molecule has 0 heterocycles. The van der Waals surface area contributed by atoms with E-state index in [-0.39, 0.29) is 12.4 Å². The third-order valence-electron chi connectivity index (χ3n) is 1.90. The molecule has 3 N–H and O–H groups in total. The number of hydrogen-bond donors (Lipinski definition) is 3. The predicted octanol–water partition coefficient (Wildman–Crippen LogP) is 0.997. The highest BCUT2D eigenvalue weighted by atomic mass is 16.5. The molecule has 1 rings (SSSR count). The number of ether oxygens (including phenoxy) is 1. The number of rotatable bonds is 5. The van der Waals surface area contributed by atoms with Gasteiger partial charge in [-0.05, 0) is 19.1 Å². The molecule has 0 bridgehead atoms. The van der Waals surface area contributed by atoms with Crippen molar-refractivity contribution in [1.82, 2.24) is 0 Å². The van der Waals surface area contributed by atoms with Crippen LogP contribution in [0.25, 0.3) is 0 Å². The molecule has 0 aliphatic carbocycles. The van der Waals surface area contributed by atoms with Crippen molar-refractivity contribution in [3.8, 4) is 11.5 Å². The van der Waals surface area contributed by atoms with Crippen molar-refractivity contribution in [2.24, 2.45) is 0 Å². The van der Waals surface area contributed by atoms with Gasteiger partial charge < -0.3 is 20.1 Å². The molecule has 0 aliphatic rings. The number of aliphatic carboxylic acids is 1. The first-order valence-corrected chi connectivity index (χ1v) is 4.75. The van der Waals surface area contributed by atoms with E-state index in [1.54, 1.807) is 12.1 Å². The van der Waals surface area contributed by atoms with Crippen molar-refractivity contribution in [1.29, 1.82) is 0 Å². The molecule has 0 saturated carbocycles. The van der Waals surface area contributed by atoms with E-state index < -0.39 is 18.0 Å². The lowest BCUT2D eigenvalue weighted by atomic mass is 10.0. The van der Waals surface area contributed by atoms with Crippen molar-refractivity contribution < 1.29 is 24.9 Å². The van der Waals surface area contributed by atoms with Gasteiger partial charge in [-0.3, -0.25) is 4.79 Å². The van der Waals surface area contributed by atoms with Crippen molar-refractivity contribution >= 4 is 5.97 Å². The van der Waals surface area contributed by atoms with Crippen LogP contribution >= 0.6 is 0 Å². The summed E-state index contributed by atoms with van der Waals surface area (Å²) in [6.45, 7) is 1.23. The van der Waals surface area contributed by atoms with Crippen LogP contribution in [0, 0.1) is 0 Å². The Morgan fingerprint density at radius 2 is 2.19 bits per heavy atom. The molecule has 1 aromatic carbocycles. The van der Waals surface area contributed by atoms with Crippen molar-refractivity contribution in [2.45, 2.75) is 18.9 Å². The maximum absolute atomic E-state index is 10.4. The zero-order chi connectivity index (χ0) is 12.2. The standard InChI is InChI=1S/C11H14O5/c1-11(15,6-10(13)14)7-16-9-4-2-3-8(12)5-9/h2-5,12,15H,6-7H2,1H3,(H,13,14). The average Bonchev–Trinajstić information content (AvgIpc) is 2.13. The van der Waals surface area contributed by atoms with Crippen molar-refractivity contribution in [3.63, 3.8) is 0 Å². The Morgan fingerprint density at radius 3 is 2.75 bits per heavy atom. The minimum Gasteiger partial charge on any atom is -0.508 e. The van der Waals surface area contributed by atoms with Crippen LogP contribution in [-0.2, 0) is 4.79 Å². The maximum atomic E-state index is 10.4. The lowest BCUT2D eigenvalue weighted by molar-refractivity contribution is -0.143. The largest absolute Gasteiger partial charge is 0.508 e. The smallest absolute Gasteiger partial charge is 0.306 e. The fourth-order valence-electron chi connectivity index (χ4n) is 1.19. The molecule has 1 aromatic rings. The normalized spacial score (nSPS) is 14.1. The Bertz CT molecular complexity index is 372. The van der Waals surface area contributed by atoms with E-state index in [9.17, 15) is 9.90 Å². The molecule has 0 radical (unpaired) electrons. The quantitative estimate of drug-likeness (QED) is 0.697. The number of aromatic hydroxyl groups is 1. The number of carboxylic acid groups (broad SMARTS) is 1. The zero-order valence-corrected chi connectivity index (χ0v) is 8.88. The highest BCUT2D eigenvalue weighted by molar-refractivity contribution is 5.68. The minimum absolute atomic E-state index is 0.0513. The number of phenolic OH excluding ortho intramolecular Hbond substituents is 1. The molecule has 88 valence electrons. The van der Waals surface area contributed by atoms with Crippen LogP contribution in [0.1, 0.15) is 13.3 Å². The third-order valence-corrected chi connectivity index (χ3v) is 1.90. The molecular weight excluding hydrogens is 212 g/mol. The summed E-state index contributed by atoms with van der Waals surface area (Å²) in [4.78, 5) is 10.4. The van der Waals surface area contributed by atoms with Gasteiger partial charge in [0.05, 0.1) is 6.42 Å². The van der Waals surface area contributed by atoms with Gasteiger partial charge in [-0.25, -0.2) is 0 Å². The van der Waals surface area contributed by atoms with Crippen LogP contribution in [-0.4, -0.2) is 33.5 Å². The molecular formula is C11H14O5. The lowest BCUT2D eigenvalue weighted by Crippen LogP contribution is -2.34. The van der Waals surface area contributed by atoms with Gasteiger partial charge in [0, 0.05) is 6.07 Å². The Labute approximate surface area is 92.9 Å². The molecule has 1 unspecified atom stereocenters. The van der Waals surface area contributed by atoms with E-state index in [2.05, 4.69) is 0 Å². The van der Waals surface area contributed by atoms with Crippen LogP contribution in [0.3, 0.4) is 0 Å². The van der Waals surface area contributed by atoms with Gasteiger partial charge in [-0.2, -0.15) is 0 Å². The first-order valence-electron chi connectivity index (χ1n) is 4.75. The molecule has 0 aromatic heterocycles. The number of aliphatic hydroxyl groups is 1. The lowest BCUT2D eigenvalue weighted by Gasteiger charge is -2.21. The summed E-state index contributed by atoms with van der Waals surface area (Å²) < 4.78 is 5.18. The van der Waals surface area contributed by atoms with Crippen LogP contribution in [0.4, 0.5) is 0 Å². The van der Waals surface area contributed by atoms with Crippen molar-refractivity contribution in [2.75, 3.05) is 6.61 Å². The topological polar surface area (TPSA) is 87.0 Å². The minimum atomic E-state index is -1.43. The van der Waals surface area contributed by atoms with Crippen LogP contribution in [0.5, 0.6) is 11.5 Å². The van der Waals surface area contributed by atoms with Gasteiger partial charge in [0.1, 0.15) is 23.7 Å². The molecule has 1 atom stereocenters. The molecule has 0 aliphatic heterocycles. The summed E-state index contributed by atoms with van der Waals surface area (Å²) in [6.07, 6.45) is -0.397. The summed E-state index contributed by atoms with van der Waals surface area (Å²) in [5.41, 5.74) is -1.43. The van der Waals surface area contributed by atoms with E-state index in [1.165, 1.54) is 19.1 Å². The summed E-state index contributed by atoms with van der Waals surface area (Å²) in [5.74, 6) is -0.662. The van der Waals surface area contributed by atoms with E-state index >= 15 is 0 Å². The molecule has 5 heteroatoms. The van der Waals surface area contributed by atoms with Crippen molar-refractivity contribution in [3.05, 3.63) is 24.3 Å². The first-order chi connectivity index (χ1) is 7.39. The van der Waals surface area contributed by atoms with Gasteiger partial charge in [-0.1, -0.05) is 6.07 Å². The SMILES string of the molecule is CC(O)(COc1cccc(O)c1)CC(=O)O. The van der Waals surface area contributed by atoms with E-state index in [4.69, 9.17) is 14.9 Å². The summed E-state index contributed by atoms with van der Waals surface area (Å²) in [7, 11) is 0. The summed E-state index contributed by atoms with van der Waals surface area (Å²) in [6, 6.07) is 6.08. The third kappa shape index (κ3) is 4.18. The number of carboxylic acids is 1. The first kappa shape index (κ1) is 12.3. The van der Waals surface area contributed by atoms with Gasteiger partial charge in [0.25, 0.3) is 0 Å². The molecule has 0 spiro atoms. The monoisotopic (exact) mass is 226 g/mol. The van der Waals surface area contributed by atoms with Crippen LogP contribution in [0.15, 0.2) is 24.3 Å². The second-order valence-corrected chi connectivity index (χ2v) is 3.85. The zero-order valence-electron chi connectivity index (χ0n) is 8.88. The number of hydrogen-bond acceptors (Lipinski definition) is 4. The number of phenols is 1. The molecule has 0 saturated heterocycles. The summed E-state index contributed by atoms with van der Waals surface area (Å²) >= 11 is 0. The Kier molecular flexibility index (Phi) is 3.73. The Hall–Kier alpha value is -1.75. The Morgan fingerprint density at radius 1 is 1.50 bits per heavy atom. The number of carbonyl (C=O) groups is 1. The van der Waals surface area contributed by atoms with E-state index in [1.807, 2.05) is 0 Å². The van der Waals surface area contributed by atoms with E-state index in [0.29, 0.717) is 5.75 Å². The second-order valence-electron chi connectivity index (χ2n) is 3.85. The van der Waals surface area contributed by atoms with Crippen LogP contribution < -0.4 is 4.74 Å². The summed E-state index contributed by atoms with van der Waals surface area (Å²) in [5, 5.41) is 27.3. The van der Waals surface area contributed by atoms with E-state index in [0.717, 1.165) is 0 Å². The predicted molar refractivity (Wildman–Crippen MR) is 56.5 cm³/mol. The molecule has 16 heavy (non-hydrogen) atoms. The molecule has 0 amide bonds. The van der Waals surface area contributed by atoms with Gasteiger partial charge in [0.15, 0.2) is 0 Å². The average molecular weight is 226 g/mol. The fourth-order valence-corrected chi connectivity index (χ4v) is 1.19. The molecule has 5 nitrogen and oxygen atoms in total. The maximum Gasteiger partial charge on any atom is 0.306 e. The van der Waals surface area contributed by atoms with Gasteiger partial charge >= 0.3 is 5.97 Å². The Balaban J connectivity index is 2.54. The number of benzene rings is 1.